The zero-order valence-electron chi connectivity index (χ0n) is 16.5. The van der Waals surface area contributed by atoms with Gasteiger partial charge in [0.2, 0.25) is 0 Å². The summed E-state index contributed by atoms with van der Waals surface area (Å²) in [6.07, 6.45) is 11.3. The van der Waals surface area contributed by atoms with Gasteiger partial charge in [0.15, 0.2) is 0 Å². The molecule has 4 bridgehead atoms. The molecule has 1 heterocycles. The fourth-order valence-electron chi connectivity index (χ4n) is 7.59. The van der Waals surface area contributed by atoms with Gasteiger partial charge in [-0.25, -0.2) is 0 Å². The second kappa shape index (κ2) is 7.48. The zero-order valence-corrected chi connectivity index (χ0v) is 16.5. The Morgan fingerprint density at radius 2 is 1.52 bits per heavy atom. The fourth-order valence-corrected chi connectivity index (χ4v) is 7.59. The van der Waals surface area contributed by atoms with Crippen LogP contribution in [-0.2, 0) is 4.74 Å². The van der Waals surface area contributed by atoms with Gasteiger partial charge in [0.1, 0.15) is 12.6 Å². The topological polar surface area (TPSA) is 33.9 Å². The normalized spacial score (nSPS) is 47.2. The Hall–Kier alpha value is -0.120. The number of hydrogen-bond donors (Lipinski definition) is 2. The van der Waals surface area contributed by atoms with E-state index < -0.39 is 0 Å². The number of hydrogen-bond acceptors (Lipinski definition) is 2. The molecule has 4 saturated carbocycles. The average molecular weight is 351 g/mol. The molecule has 0 amide bonds. The van der Waals surface area contributed by atoms with Crippen LogP contribution < -0.4 is 4.90 Å². The van der Waals surface area contributed by atoms with Crippen molar-refractivity contribution in [3.63, 3.8) is 0 Å². The lowest BCUT2D eigenvalue weighted by molar-refractivity contribution is -0.915. The van der Waals surface area contributed by atoms with Crippen LogP contribution in [0.1, 0.15) is 65.2 Å². The predicted molar refractivity (Wildman–Crippen MR) is 101 cm³/mol. The largest absolute Gasteiger partial charge is 0.385 e. The minimum atomic E-state index is -0.288. The molecule has 1 unspecified atom stereocenters. The van der Waals surface area contributed by atoms with E-state index in [1.807, 2.05) is 0 Å². The number of likely N-dealkylation sites (tertiary alicyclic amines) is 1. The van der Waals surface area contributed by atoms with Crippen LogP contribution in [0.5, 0.6) is 0 Å². The molecule has 5 fully saturated rings. The highest BCUT2D eigenvalue weighted by atomic mass is 16.5. The first-order chi connectivity index (χ1) is 12.0. The second-order valence-corrected chi connectivity index (χ2v) is 10.7. The Morgan fingerprint density at radius 3 is 2.08 bits per heavy atom. The monoisotopic (exact) mass is 350 g/mol. The molecule has 3 nitrogen and oxygen atoms in total. The lowest BCUT2D eigenvalue weighted by Crippen LogP contribution is -3.15. The van der Waals surface area contributed by atoms with E-state index in [9.17, 15) is 5.11 Å². The molecular formula is C22H40NO2+. The van der Waals surface area contributed by atoms with Crippen molar-refractivity contribution in [2.24, 2.45) is 35.0 Å². The molecule has 4 atom stereocenters. The fraction of sp³-hybridized carbons (Fsp3) is 1.00. The van der Waals surface area contributed by atoms with Crippen molar-refractivity contribution in [1.29, 1.82) is 0 Å². The average Bonchev–Trinajstić information content (AvgIpc) is 2.49. The maximum Gasteiger partial charge on any atom is 0.126 e. The van der Waals surface area contributed by atoms with Gasteiger partial charge >= 0.3 is 0 Å². The van der Waals surface area contributed by atoms with E-state index in [1.54, 1.807) is 4.90 Å². The van der Waals surface area contributed by atoms with Crippen LogP contribution in [0, 0.1) is 35.0 Å². The van der Waals surface area contributed by atoms with Gasteiger partial charge in [0.05, 0.1) is 19.7 Å². The van der Waals surface area contributed by atoms with E-state index in [0.717, 1.165) is 42.7 Å². The summed E-state index contributed by atoms with van der Waals surface area (Å²) in [5.74, 6) is 4.68. The van der Waals surface area contributed by atoms with Crippen LogP contribution in [0.3, 0.4) is 0 Å². The third-order valence-corrected chi connectivity index (χ3v) is 7.86. The van der Waals surface area contributed by atoms with Crippen molar-refractivity contribution in [3.8, 4) is 0 Å². The Labute approximate surface area is 154 Å². The Kier molecular flexibility index (Phi) is 5.46. The van der Waals surface area contributed by atoms with Gasteiger partial charge in [-0.3, -0.25) is 0 Å². The van der Waals surface area contributed by atoms with Crippen LogP contribution in [0.15, 0.2) is 0 Å². The molecule has 2 N–H and O–H groups in total. The summed E-state index contributed by atoms with van der Waals surface area (Å²) in [4.78, 5) is 1.57. The van der Waals surface area contributed by atoms with Crippen molar-refractivity contribution in [2.45, 2.75) is 71.3 Å². The predicted octanol–water partition coefficient (Wildman–Crippen LogP) is 2.53. The number of quaternary nitrogens is 1. The highest BCUT2D eigenvalue weighted by Crippen LogP contribution is 2.61. The molecule has 4 aliphatic carbocycles. The first-order valence-electron chi connectivity index (χ1n) is 11.1. The highest BCUT2D eigenvalue weighted by molar-refractivity contribution is 5.01. The van der Waals surface area contributed by atoms with Gasteiger partial charge in [-0.1, -0.05) is 13.8 Å². The third-order valence-electron chi connectivity index (χ3n) is 7.86. The smallest absolute Gasteiger partial charge is 0.126 e. The summed E-state index contributed by atoms with van der Waals surface area (Å²) >= 11 is 0. The van der Waals surface area contributed by atoms with E-state index in [2.05, 4.69) is 13.8 Å². The van der Waals surface area contributed by atoms with Crippen molar-refractivity contribution >= 4 is 0 Å². The summed E-state index contributed by atoms with van der Waals surface area (Å²) < 4.78 is 5.97. The number of nitrogens with one attached hydrogen (secondary N) is 1. The van der Waals surface area contributed by atoms with E-state index in [0.29, 0.717) is 12.0 Å². The summed E-state index contributed by atoms with van der Waals surface area (Å²) in [5, 5.41) is 10.4. The van der Waals surface area contributed by atoms with E-state index in [4.69, 9.17) is 4.74 Å². The second-order valence-electron chi connectivity index (χ2n) is 10.7. The molecule has 5 rings (SSSR count). The maximum atomic E-state index is 10.4. The van der Waals surface area contributed by atoms with Gasteiger partial charge in [-0.15, -0.1) is 0 Å². The lowest BCUT2D eigenvalue weighted by atomic mass is 9.49. The summed E-state index contributed by atoms with van der Waals surface area (Å²) in [5.41, 5.74) is 0.614. The van der Waals surface area contributed by atoms with Crippen molar-refractivity contribution in [2.75, 3.05) is 32.8 Å². The quantitative estimate of drug-likeness (QED) is 0.692. The SMILES string of the molecule is C[C@@H]1C[C@H](C)C[NH+](C[C@H](O)COCCC23CC4CC(CC(C4)C2)C3)C1. The van der Waals surface area contributed by atoms with E-state index in [-0.39, 0.29) is 6.10 Å². The number of aliphatic hydroxyl groups is 1. The molecule has 0 aromatic carbocycles. The minimum Gasteiger partial charge on any atom is -0.385 e. The summed E-state index contributed by atoms with van der Waals surface area (Å²) in [6.45, 7) is 9.41. The molecule has 25 heavy (non-hydrogen) atoms. The Bertz CT molecular complexity index is 406. The van der Waals surface area contributed by atoms with Crippen LogP contribution >= 0.6 is 0 Å². The van der Waals surface area contributed by atoms with Crippen molar-refractivity contribution in [3.05, 3.63) is 0 Å². The van der Waals surface area contributed by atoms with Gasteiger partial charge in [0, 0.05) is 18.4 Å². The zero-order chi connectivity index (χ0) is 17.4. The Balaban J connectivity index is 1.16. The minimum absolute atomic E-state index is 0.288. The molecule has 0 aromatic heterocycles. The molecule has 0 radical (unpaired) electrons. The Morgan fingerprint density at radius 1 is 0.960 bits per heavy atom. The van der Waals surface area contributed by atoms with Gasteiger partial charge in [-0.05, 0) is 74.5 Å². The summed E-state index contributed by atoms with van der Waals surface area (Å²) in [6, 6.07) is 0. The molecule has 0 spiro atoms. The van der Waals surface area contributed by atoms with Gasteiger partial charge in [-0.2, -0.15) is 0 Å². The molecule has 1 aliphatic heterocycles. The standard InChI is InChI=1S/C22H39NO2/c1-16-5-17(2)13-23(12-16)14-21(24)15-25-4-3-22-9-18-6-19(10-22)8-20(7-18)11-22/h16-21,24H,3-15H2,1-2H3/p+1/t16-,17+,18?,19?,20?,21-,22?/m0/s1. The van der Waals surface area contributed by atoms with Crippen molar-refractivity contribution < 1.29 is 14.7 Å². The highest BCUT2D eigenvalue weighted by Gasteiger charge is 2.50. The molecule has 5 aliphatic rings. The van der Waals surface area contributed by atoms with Gasteiger partial charge in [0.25, 0.3) is 0 Å². The van der Waals surface area contributed by atoms with E-state index >= 15 is 0 Å². The van der Waals surface area contributed by atoms with Crippen LogP contribution in [0.2, 0.25) is 0 Å². The van der Waals surface area contributed by atoms with Crippen molar-refractivity contribution in [1.82, 2.24) is 0 Å². The first-order valence-corrected chi connectivity index (χ1v) is 11.1. The molecule has 0 aromatic rings. The number of aliphatic hydroxyl groups excluding tert-OH is 1. The third kappa shape index (κ3) is 4.42. The molecular weight excluding hydrogens is 310 g/mol. The van der Waals surface area contributed by atoms with Crippen LogP contribution in [0.25, 0.3) is 0 Å². The molecule has 1 saturated heterocycles. The first kappa shape index (κ1) is 18.3. The van der Waals surface area contributed by atoms with Gasteiger partial charge < -0.3 is 14.7 Å². The van der Waals surface area contributed by atoms with E-state index in [1.165, 1.54) is 64.5 Å². The number of rotatable bonds is 7. The number of ether oxygens (including phenoxy) is 1. The lowest BCUT2D eigenvalue weighted by Gasteiger charge is -2.57. The summed E-state index contributed by atoms with van der Waals surface area (Å²) in [7, 11) is 0. The van der Waals surface area contributed by atoms with Crippen LogP contribution in [-0.4, -0.2) is 44.1 Å². The molecule has 3 heteroatoms. The van der Waals surface area contributed by atoms with Crippen LogP contribution in [0.4, 0.5) is 0 Å². The number of piperidine rings is 1. The maximum absolute atomic E-state index is 10.4. The molecule has 144 valence electrons.